The van der Waals surface area contributed by atoms with Crippen molar-refractivity contribution in [2.24, 2.45) is 5.92 Å². The van der Waals surface area contributed by atoms with Gasteiger partial charge in [-0.1, -0.05) is 6.42 Å². The third kappa shape index (κ3) is 1.72. The van der Waals surface area contributed by atoms with Crippen LogP contribution in [-0.2, 0) is 0 Å². The molecule has 0 amide bonds. The lowest BCUT2D eigenvalue weighted by Gasteiger charge is -2.25. The quantitative estimate of drug-likeness (QED) is 0.809. The second kappa shape index (κ2) is 3.61. The predicted molar refractivity (Wildman–Crippen MR) is 61.1 cm³/mol. The number of nitrogens with one attached hydrogen (secondary N) is 1. The third-order valence-electron chi connectivity index (χ3n) is 3.24. The lowest BCUT2D eigenvalue weighted by Crippen LogP contribution is -2.19. The summed E-state index contributed by atoms with van der Waals surface area (Å²) in [5, 5.41) is 1.22. The molecular formula is C13H15NO. The Morgan fingerprint density at radius 2 is 2.20 bits per heavy atom. The molecule has 0 bridgehead atoms. The van der Waals surface area contributed by atoms with Crippen molar-refractivity contribution in [3.8, 4) is 5.75 Å². The van der Waals surface area contributed by atoms with Crippen molar-refractivity contribution in [1.29, 1.82) is 0 Å². The van der Waals surface area contributed by atoms with Gasteiger partial charge in [-0.05, 0) is 43.0 Å². The van der Waals surface area contributed by atoms with Gasteiger partial charge in [-0.15, -0.1) is 0 Å². The van der Waals surface area contributed by atoms with E-state index in [1.807, 2.05) is 12.3 Å². The highest BCUT2D eigenvalue weighted by molar-refractivity contribution is 5.80. The van der Waals surface area contributed by atoms with Gasteiger partial charge in [0.2, 0.25) is 0 Å². The van der Waals surface area contributed by atoms with Crippen LogP contribution in [0.4, 0.5) is 0 Å². The summed E-state index contributed by atoms with van der Waals surface area (Å²) in [5.41, 5.74) is 1.17. The highest BCUT2D eigenvalue weighted by atomic mass is 16.5. The molecule has 0 atom stereocenters. The van der Waals surface area contributed by atoms with Crippen LogP contribution in [0, 0.1) is 5.92 Å². The van der Waals surface area contributed by atoms with Crippen LogP contribution in [-0.4, -0.2) is 11.6 Å². The third-order valence-corrected chi connectivity index (χ3v) is 3.24. The molecule has 3 rings (SSSR count). The molecule has 0 unspecified atom stereocenters. The molecule has 15 heavy (non-hydrogen) atoms. The van der Waals surface area contributed by atoms with E-state index in [0.717, 1.165) is 18.3 Å². The molecule has 0 radical (unpaired) electrons. The minimum absolute atomic E-state index is 0.798. The Hall–Kier alpha value is -1.44. The number of H-pyrrole nitrogens is 1. The molecule has 0 aliphatic heterocycles. The van der Waals surface area contributed by atoms with Gasteiger partial charge < -0.3 is 9.72 Å². The van der Waals surface area contributed by atoms with Crippen molar-refractivity contribution >= 4 is 10.9 Å². The van der Waals surface area contributed by atoms with E-state index >= 15 is 0 Å². The number of aromatic nitrogens is 1. The van der Waals surface area contributed by atoms with E-state index in [9.17, 15) is 0 Å². The summed E-state index contributed by atoms with van der Waals surface area (Å²) < 4.78 is 5.77. The first kappa shape index (κ1) is 8.84. The van der Waals surface area contributed by atoms with Crippen molar-refractivity contribution < 1.29 is 4.74 Å². The number of aromatic amines is 1. The summed E-state index contributed by atoms with van der Waals surface area (Å²) in [6, 6.07) is 8.29. The summed E-state index contributed by atoms with van der Waals surface area (Å²) in [5.74, 6) is 1.79. The largest absolute Gasteiger partial charge is 0.493 e. The maximum atomic E-state index is 5.77. The number of hydrogen-bond donors (Lipinski definition) is 1. The lowest BCUT2D eigenvalue weighted by atomic mass is 9.86. The van der Waals surface area contributed by atoms with Crippen molar-refractivity contribution in [2.75, 3.05) is 6.61 Å². The normalized spacial score (nSPS) is 16.5. The number of hydrogen-bond acceptors (Lipinski definition) is 1. The lowest BCUT2D eigenvalue weighted by molar-refractivity contribution is 0.181. The first-order chi connectivity index (χ1) is 7.42. The Labute approximate surface area is 89.3 Å². The van der Waals surface area contributed by atoms with Crippen molar-refractivity contribution in [3.05, 3.63) is 30.5 Å². The monoisotopic (exact) mass is 201 g/mol. The van der Waals surface area contributed by atoms with Gasteiger partial charge >= 0.3 is 0 Å². The average molecular weight is 201 g/mol. The minimum atomic E-state index is 0.798. The molecule has 1 heterocycles. The Balaban J connectivity index is 1.72. The number of rotatable bonds is 3. The zero-order valence-corrected chi connectivity index (χ0v) is 8.70. The Morgan fingerprint density at radius 1 is 1.27 bits per heavy atom. The van der Waals surface area contributed by atoms with Gasteiger partial charge in [-0.3, -0.25) is 0 Å². The van der Waals surface area contributed by atoms with Gasteiger partial charge in [0.15, 0.2) is 0 Å². The molecule has 0 spiro atoms. The summed E-state index contributed by atoms with van der Waals surface area (Å²) >= 11 is 0. The molecule has 2 nitrogen and oxygen atoms in total. The Bertz CT molecular complexity index is 456. The molecule has 1 aromatic carbocycles. The molecular weight excluding hydrogens is 186 g/mol. The molecule has 1 N–H and O–H groups in total. The highest BCUT2D eigenvalue weighted by Gasteiger charge is 2.17. The smallest absolute Gasteiger partial charge is 0.120 e. The zero-order valence-electron chi connectivity index (χ0n) is 8.70. The fraction of sp³-hybridized carbons (Fsp3) is 0.385. The van der Waals surface area contributed by atoms with Gasteiger partial charge in [0, 0.05) is 17.1 Å². The van der Waals surface area contributed by atoms with Crippen LogP contribution in [0.5, 0.6) is 5.75 Å². The summed E-state index contributed by atoms with van der Waals surface area (Å²) in [4.78, 5) is 3.18. The van der Waals surface area contributed by atoms with Crippen LogP contribution in [0.15, 0.2) is 30.5 Å². The van der Waals surface area contributed by atoms with Crippen LogP contribution in [0.2, 0.25) is 0 Å². The van der Waals surface area contributed by atoms with Gasteiger partial charge in [-0.25, -0.2) is 0 Å². The number of benzene rings is 1. The van der Waals surface area contributed by atoms with E-state index in [2.05, 4.69) is 23.2 Å². The molecule has 78 valence electrons. The molecule has 1 aliphatic carbocycles. The highest BCUT2D eigenvalue weighted by Crippen LogP contribution is 2.27. The first-order valence-corrected chi connectivity index (χ1v) is 5.62. The van der Waals surface area contributed by atoms with Gasteiger partial charge in [0.05, 0.1) is 6.61 Å². The van der Waals surface area contributed by atoms with Crippen molar-refractivity contribution in [2.45, 2.75) is 19.3 Å². The van der Waals surface area contributed by atoms with E-state index in [0.29, 0.717) is 0 Å². The summed E-state index contributed by atoms with van der Waals surface area (Å²) in [7, 11) is 0. The fourth-order valence-electron chi connectivity index (χ4n) is 1.99. The topological polar surface area (TPSA) is 25.0 Å². The SMILES string of the molecule is c1cc2cc(OCC3CCC3)ccc2[nH]1. The van der Waals surface area contributed by atoms with E-state index in [4.69, 9.17) is 4.74 Å². The fourth-order valence-corrected chi connectivity index (χ4v) is 1.99. The van der Waals surface area contributed by atoms with E-state index in [-0.39, 0.29) is 0 Å². The second-order valence-corrected chi connectivity index (χ2v) is 4.33. The number of ether oxygens (including phenoxy) is 1. The summed E-state index contributed by atoms with van der Waals surface area (Å²) in [6.07, 6.45) is 6.02. The van der Waals surface area contributed by atoms with Gasteiger partial charge in [0.1, 0.15) is 5.75 Å². The standard InChI is InChI=1S/C13H15NO/c1-2-10(3-1)9-15-12-4-5-13-11(8-12)6-7-14-13/h4-8,10,14H,1-3,9H2. The maximum Gasteiger partial charge on any atom is 0.120 e. The molecule has 2 aromatic rings. The zero-order chi connectivity index (χ0) is 10.1. The van der Waals surface area contributed by atoms with Crippen LogP contribution in [0.25, 0.3) is 10.9 Å². The van der Waals surface area contributed by atoms with E-state index < -0.39 is 0 Å². The van der Waals surface area contributed by atoms with Crippen LogP contribution >= 0.6 is 0 Å². The van der Waals surface area contributed by atoms with Gasteiger partial charge in [0.25, 0.3) is 0 Å². The predicted octanol–water partition coefficient (Wildman–Crippen LogP) is 3.35. The van der Waals surface area contributed by atoms with Crippen molar-refractivity contribution in [1.82, 2.24) is 4.98 Å². The maximum absolute atomic E-state index is 5.77. The van der Waals surface area contributed by atoms with Crippen molar-refractivity contribution in [3.63, 3.8) is 0 Å². The van der Waals surface area contributed by atoms with Crippen LogP contribution < -0.4 is 4.74 Å². The summed E-state index contributed by atoms with van der Waals surface area (Å²) in [6.45, 7) is 0.885. The van der Waals surface area contributed by atoms with E-state index in [1.165, 1.54) is 30.2 Å². The average Bonchev–Trinajstić information content (AvgIpc) is 2.62. The van der Waals surface area contributed by atoms with Crippen LogP contribution in [0.3, 0.4) is 0 Å². The Kier molecular flexibility index (Phi) is 2.13. The molecule has 1 saturated carbocycles. The molecule has 2 heteroatoms. The minimum Gasteiger partial charge on any atom is -0.493 e. The Morgan fingerprint density at radius 3 is 3.00 bits per heavy atom. The second-order valence-electron chi connectivity index (χ2n) is 4.33. The van der Waals surface area contributed by atoms with E-state index in [1.54, 1.807) is 0 Å². The number of fused-ring (bicyclic) bond motifs is 1. The molecule has 1 aromatic heterocycles. The first-order valence-electron chi connectivity index (χ1n) is 5.62. The molecule has 1 fully saturated rings. The molecule has 0 saturated heterocycles. The molecule has 1 aliphatic rings. The van der Waals surface area contributed by atoms with Crippen LogP contribution in [0.1, 0.15) is 19.3 Å². The van der Waals surface area contributed by atoms with Gasteiger partial charge in [-0.2, -0.15) is 0 Å².